The molecule has 0 radical (unpaired) electrons. The van der Waals surface area contributed by atoms with Gasteiger partial charge in [-0.25, -0.2) is 0 Å². The monoisotopic (exact) mass is 445 g/mol. The van der Waals surface area contributed by atoms with Gasteiger partial charge in [0.05, 0.1) is 35.9 Å². The molecule has 5 rings (SSSR count). The number of ether oxygens (including phenoxy) is 2. The number of aromatic nitrogens is 7. The maximum absolute atomic E-state index is 13.3. The number of nitrogens with zero attached hydrogens (tertiary/aromatic N) is 7. The Labute approximate surface area is 189 Å². The highest BCUT2D eigenvalue weighted by Crippen LogP contribution is 2.23. The summed E-state index contributed by atoms with van der Waals surface area (Å²) in [6, 6.07) is 7.05. The first-order valence-electron chi connectivity index (χ1n) is 10.5. The van der Waals surface area contributed by atoms with Crippen LogP contribution in [-0.2, 0) is 11.8 Å². The summed E-state index contributed by atoms with van der Waals surface area (Å²) in [5.41, 5.74) is 3.10. The van der Waals surface area contributed by atoms with E-state index in [4.69, 9.17) is 9.47 Å². The Morgan fingerprint density at radius 3 is 2.73 bits per heavy atom. The lowest BCUT2D eigenvalue weighted by atomic mass is 10.1. The van der Waals surface area contributed by atoms with Crippen molar-refractivity contribution in [2.75, 3.05) is 20.3 Å². The van der Waals surface area contributed by atoms with Crippen molar-refractivity contribution in [3.05, 3.63) is 71.4 Å². The van der Waals surface area contributed by atoms with Crippen molar-refractivity contribution >= 4 is 16.6 Å². The first-order valence-corrected chi connectivity index (χ1v) is 10.5. The summed E-state index contributed by atoms with van der Waals surface area (Å²) in [4.78, 5) is 17.7. The van der Waals surface area contributed by atoms with Gasteiger partial charge in [0.1, 0.15) is 12.4 Å². The Morgan fingerprint density at radius 2 is 1.94 bits per heavy atom. The maximum atomic E-state index is 13.3. The molecular weight excluding hydrogens is 422 g/mol. The Kier molecular flexibility index (Phi) is 5.35. The second kappa shape index (κ2) is 8.47. The van der Waals surface area contributed by atoms with Gasteiger partial charge in [-0.05, 0) is 31.2 Å². The summed E-state index contributed by atoms with van der Waals surface area (Å²) in [5, 5.41) is 13.4. The van der Waals surface area contributed by atoms with Crippen LogP contribution in [-0.4, -0.2) is 54.3 Å². The van der Waals surface area contributed by atoms with Gasteiger partial charge in [0.2, 0.25) is 0 Å². The molecule has 33 heavy (non-hydrogen) atoms. The molecule has 5 heterocycles. The number of pyridine rings is 3. The van der Waals surface area contributed by atoms with Gasteiger partial charge in [-0.1, -0.05) is 0 Å². The normalized spacial score (nSPS) is 12.5. The van der Waals surface area contributed by atoms with Crippen LogP contribution in [0.15, 0.2) is 60.0 Å². The number of aryl methyl sites for hydroxylation is 1. The lowest BCUT2D eigenvalue weighted by Crippen LogP contribution is -2.25. The van der Waals surface area contributed by atoms with Gasteiger partial charge >= 0.3 is 0 Å². The summed E-state index contributed by atoms with van der Waals surface area (Å²) in [6.07, 6.45) is 9.06. The van der Waals surface area contributed by atoms with Crippen molar-refractivity contribution in [1.82, 2.24) is 33.9 Å². The van der Waals surface area contributed by atoms with Crippen LogP contribution in [0.1, 0.15) is 18.8 Å². The van der Waals surface area contributed by atoms with Crippen molar-refractivity contribution in [2.45, 2.75) is 13.0 Å². The smallest absolute Gasteiger partial charge is 0.260 e. The minimum Gasteiger partial charge on any atom is -0.490 e. The molecule has 0 unspecified atom stereocenters. The van der Waals surface area contributed by atoms with E-state index >= 15 is 0 Å². The Bertz CT molecular complexity index is 1500. The van der Waals surface area contributed by atoms with Gasteiger partial charge in [-0.2, -0.15) is 5.10 Å². The highest BCUT2D eigenvalue weighted by molar-refractivity contribution is 5.78. The first-order chi connectivity index (χ1) is 16.0. The molecule has 168 valence electrons. The lowest BCUT2D eigenvalue weighted by Gasteiger charge is -2.15. The Morgan fingerprint density at radius 1 is 1.06 bits per heavy atom. The van der Waals surface area contributed by atoms with E-state index in [1.54, 1.807) is 34.8 Å². The van der Waals surface area contributed by atoms with Crippen molar-refractivity contribution in [3.63, 3.8) is 0 Å². The summed E-state index contributed by atoms with van der Waals surface area (Å²) < 4.78 is 15.9. The van der Waals surface area contributed by atoms with Crippen LogP contribution in [0.25, 0.3) is 27.7 Å². The third-order valence-corrected chi connectivity index (χ3v) is 5.57. The van der Waals surface area contributed by atoms with Crippen LogP contribution in [0.5, 0.6) is 5.75 Å². The van der Waals surface area contributed by atoms with E-state index in [9.17, 15) is 4.79 Å². The van der Waals surface area contributed by atoms with Crippen molar-refractivity contribution < 1.29 is 9.47 Å². The van der Waals surface area contributed by atoms with E-state index < -0.39 is 0 Å². The van der Waals surface area contributed by atoms with Crippen molar-refractivity contribution in [1.29, 1.82) is 0 Å². The predicted octanol–water partition coefficient (Wildman–Crippen LogP) is 2.47. The highest BCUT2D eigenvalue weighted by Gasteiger charge is 2.18. The molecule has 1 atom stereocenters. The van der Waals surface area contributed by atoms with Gasteiger partial charge in [0.15, 0.2) is 11.5 Å². The molecule has 0 spiro atoms. The molecule has 0 fully saturated rings. The molecule has 10 heteroatoms. The van der Waals surface area contributed by atoms with Crippen molar-refractivity contribution in [2.24, 2.45) is 7.05 Å². The standard InChI is InChI=1S/C23H23N7O3/c1-15(22-27-26-21-5-4-16(14-30(21)22)17-11-25-28(2)13-17)29-7-6-20-19(23(29)31)10-18(12-24-20)33-9-8-32-3/h4-7,10-15H,8-9H2,1-3H3/t15-/m0/s1. The highest BCUT2D eigenvalue weighted by atomic mass is 16.5. The molecule has 0 aliphatic heterocycles. The van der Waals surface area contributed by atoms with E-state index in [2.05, 4.69) is 20.3 Å². The number of methoxy groups -OCH3 is 1. The van der Waals surface area contributed by atoms with Gasteiger partial charge in [-0.15, -0.1) is 10.2 Å². The number of hydrogen-bond acceptors (Lipinski definition) is 7. The molecule has 5 aromatic rings. The van der Waals surface area contributed by atoms with Crippen LogP contribution in [0.2, 0.25) is 0 Å². The molecular formula is C23H23N7O3. The Hall–Kier alpha value is -4.05. The molecule has 0 saturated carbocycles. The minimum atomic E-state index is -0.362. The zero-order valence-corrected chi connectivity index (χ0v) is 18.5. The van der Waals surface area contributed by atoms with Crippen LogP contribution in [0.4, 0.5) is 0 Å². The number of hydrogen-bond donors (Lipinski definition) is 0. The molecule has 0 saturated heterocycles. The molecule has 0 aliphatic rings. The SMILES string of the molecule is COCCOc1cnc2ccn([C@@H](C)c3nnc4ccc(-c5cnn(C)c5)cn34)c(=O)c2c1. The van der Waals surface area contributed by atoms with Gasteiger partial charge in [0.25, 0.3) is 5.56 Å². The maximum Gasteiger partial charge on any atom is 0.260 e. The second-order valence-corrected chi connectivity index (χ2v) is 7.76. The predicted molar refractivity (Wildman–Crippen MR) is 122 cm³/mol. The summed E-state index contributed by atoms with van der Waals surface area (Å²) >= 11 is 0. The molecule has 0 aromatic carbocycles. The number of rotatable bonds is 7. The van der Waals surface area contributed by atoms with Crippen LogP contribution < -0.4 is 10.3 Å². The molecule has 5 aromatic heterocycles. The van der Waals surface area contributed by atoms with E-state index in [1.807, 2.05) is 55.2 Å². The topological polar surface area (TPSA) is 101 Å². The third kappa shape index (κ3) is 3.85. The summed E-state index contributed by atoms with van der Waals surface area (Å²) in [5.74, 6) is 1.17. The van der Waals surface area contributed by atoms with E-state index in [-0.39, 0.29) is 11.6 Å². The zero-order valence-electron chi connectivity index (χ0n) is 18.5. The third-order valence-electron chi connectivity index (χ3n) is 5.57. The van der Waals surface area contributed by atoms with E-state index in [1.165, 1.54) is 0 Å². The van der Waals surface area contributed by atoms with Crippen LogP contribution in [0, 0.1) is 0 Å². The van der Waals surface area contributed by atoms with Crippen molar-refractivity contribution in [3.8, 4) is 16.9 Å². The summed E-state index contributed by atoms with van der Waals surface area (Å²) in [6.45, 7) is 2.76. The Balaban J connectivity index is 1.54. The average Bonchev–Trinajstić information content (AvgIpc) is 3.45. The fraction of sp³-hybridized carbons (Fsp3) is 0.261. The zero-order chi connectivity index (χ0) is 22.9. The van der Waals surface area contributed by atoms with Gasteiger partial charge in [0, 0.05) is 43.9 Å². The second-order valence-electron chi connectivity index (χ2n) is 7.76. The summed E-state index contributed by atoms with van der Waals surface area (Å²) in [7, 11) is 3.49. The lowest BCUT2D eigenvalue weighted by molar-refractivity contribution is 0.146. The molecule has 10 nitrogen and oxygen atoms in total. The minimum absolute atomic E-state index is 0.176. The molecule has 0 amide bonds. The fourth-order valence-electron chi connectivity index (χ4n) is 3.80. The van der Waals surface area contributed by atoms with Gasteiger partial charge in [-0.3, -0.25) is 18.9 Å². The van der Waals surface area contributed by atoms with Gasteiger partial charge < -0.3 is 14.0 Å². The first kappa shape index (κ1) is 20.8. The quantitative estimate of drug-likeness (QED) is 0.355. The van der Waals surface area contributed by atoms with E-state index in [0.717, 1.165) is 11.1 Å². The molecule has 0 aliphatic carbocycles. The molecule has 0 N–H and O–H groups in total. The molecule has 0 bridgehead atoms. The largest absolute Gasteiger partial charge is 0.490 e. The van der Waals surface area contributed by atoms with E-state index in [0.29, 0.717) is 41.3 Å². The average molecular weight is 445 g/mol. The number of fused-ring (bicyclic) bond motifs is 2. The fourth-order valence-corrected chi connectivity index (χ4v) is 3.80. The van der Waals surface area contributed by atoms with Crippen LogP contribution >= 0.6 is 0 Å². The van der Waals surface area contributed by atoms with Crippen LogP contribution in [0.3, 0.4) is 0 Å².